The van der Waals surface area contributed by atoms with Crippen LogP contribution in [0.15, 0.2) is 34.0 Å². The fourth-order valence-corrected chi connectivity index (χ4v) is 2.50. The van der Waals surface area contributed by atoms with Gasteiger partial charge in [0.2, 0.25) is 0 Å². The molecule has 2 aromatic heterocycles. The molecule has 0 saturated carbocycles. The van der Waals surface area contributed by atoms with Crippen molar-refractivity contribution in [2.45, 2.75) is 26.4 Å². The van der Waals surface area contributed by atoms with E-state index < -0.39 is 0 Å². The third-order valence-electron chi connectivity index (χ3n) is 2.65. The minimum absolute atomic E-state index is 0.598. The van der Waals surface area contributed by atoms with Gasteiger partial charge in [0, 0.05) is 22.9 Å². The molecule has 19 heavy (non-hydrogen) atoms. The molecule has 0 bridgehead atoms. The molecule has 0 radical (unpaired) electrons. The van der Waals surface area contributed by atoms with Gasteiger partial charge in [-0.15, -0.1) is 11.3 Å². The first-order chi connectivity index (χ1) is 9.31. The summed E-state index contributed by atoms with van der Waals surface area (Å²) in [4.78, 5) is 6.88. The quantitative estimate of drug-likeness (QED) is 0.650. The van der Waals surface area contributed by atoms with Crippen molar-refractivity contribution in [1.82, 2.24) is 15.8 Å². The highest BCUT2D eigenvalue weighted by molar-refractivity contribution is 7.11. The Labute approximate surface area is 116 Å². The molecular weight excluding hydrogens is 260 g/mol. The van der Waals surface area contributed by atoms with Crippen molar-refractivity contribution in [3.63, 3.8) is 0 Å². The predicted octanol–water partition coefficient (Wildman–Crippen LogP) is 2.16. The topological polar surface area (TPSA) is 62.5 Å². The van der Waals surface area contributed by atoms with Gasteiger partial charge in [-0.05, 0) is 18.6 Å². The van der Waals surface area contributed by atoms with Crippen molar-refractivity contribution in [3.05, 3.63) is 39.9 Å². The third-order valence-corrected chi connectivity index (χ3v) is 3.88. The van der Waals surface area contributed by atoms with Crippen molar-refractivity contribution in [2.75, 3.05) is 7.05 Å². The van der Waals surface area contributed by atoms with Gasteiger partial charge in [-0.3, -0.25) is 4.99 Å². The largest absolute Gasteiger partial charge is 0.364 e. The first kappa shape index (κ1) is 13.6. The van der Waals surface area contributed by atoms with Crippen LogP contribution in [-0.2, 0) is 19.5 Å². The summed E-state index contributed by atoms with van der Waals surface area (Å²) in [7, 11) is 1.75. The number of rotatable bonds is 5. The van der Waals surface area contributed by atoms with Crippen LogP contribution < -0.4 is 10.6 Å². The van der Waals surface area contributed by atoms with Gasteiger partial charge in [0.25, 0.3) is 0 Å². The van der Waals surface area contributed by atoms with Crippen molar-refractivity contribution in [1.29, 1.82) is 0 Å². The second kappa shape index (κ2) is 6.94. The number of nitrogens with zero attached hydrogens (tertiary/aromatic N) is 2. The molecule has 2 N–H and O–H groups in total. The zero-order chi connectivity index (χ0) is 13.5. The molecule has 0 aromatic carbocycles. The lowest BCUT2D eigenvalue weighted by Gasteiger charge is -2.09. The molecule has 0 aliphatic rings. The van der Waals surface area contributed by atoms with E-state index in [1.807, 2.05) is 17.4 Å². The van der Waals surface area contributed by atoms with Gasteiger partial charge in [0.15, 0.2) is 5.96 Å². The van der Waals surface area contributed by atoms with Crippen LogP contribution in [0.4, 0.5) is 0 Å². The van der Waals surface area contributed by atoms with Crippen LogP contribution in [0.25, 0.3) is 0 Å². The molecule has 0 fully saturated rings. The Hall–Kier alpha value is -1.82. The van der Waals surface area contributed by atoms with E-state index in [0.29, 0.717) is 6.54 Å². The minimum atomic E-state index is 0.598. The van der Waals surface area contributed by atoms with Gasteiger partial charge in [-0.25, -0.2) is 0 Å². The van der Waals surface area contributed by atoms with E-state index >= 15 is 0 Å². The maximum absolute atomic E-state index is 4.78. The number of hydrogen-bond donors (Lipinski definition) is 2. The molecule has 2 heterocycles. The maximum Gasteiger partial charge on any atom is 0.191 e. The Kier molecular flexibility index (Phi) is 4.97. The number of hydrogen-bond acceptors (Lipinski definition) is 4. The first-order valence-corrected chi connectivity index (χ1v) is 7.05. The number of aromatic nitrogens is 1. The first-order valence-electron chi connectivity index (χ1n) is 6.23. The summed E-state index contributed by atoms with van der Waals surface area (Å²) in [5, 5.41) is 10.3. The molecule has 0 spiro atoms. The fraction of sp³-hybridized carbons (Fsp3) is 0.385. The number of guanidine groups is 1. The molecule has 0 aliphatic carbocycles. The Morgan fingerprint density at radius 1 is 1.26 bits per heavy atom. The maximum atomic E-state index is 4.78. The standard InChI is InChI=1S/C13H18N4OS/c1-3-11-4-5-12(19-11)9-16-13(14-2)15-8-10-6-7-18-17-10/h4-7H,3,8-9H2,1-2H3,(H2,14,15,16). The van der Waals surface area contributed by atoms with Gasteiger partial charge in [-0.2, -0.15) is 0 Å². The van der Waals surface area contributed by atoms with E-state index in [1.54, 1.807) is 13.3 Å². The Balaban J connectivity index is 1.79. The second-order valence-electron chi connectivity index (χ2n) is 3.99. The highest BCUT2D eigenvalue weighted by Crippen LogP contribution is 2.16. The van der Waals surface area contributed by atoms with Crippen molar-refractivity contribution in [3.8, 4) is 0 Å². The normalized spacial score (nSPS) is 11.6. The Bertz CT molecular complexity index is 518. The molecule has 2 rings (SSSR count). The average molecular weight is 278 g/mol. The van der Waals surface area contributed by atoms with Crippen LogP contribution in [-0.4, -0.2) is 18.2 Å². The summed E-state index contributed by atoms with van der Waals surface area (Å²) in [5.74, 6) is 0.759. The molecule has 0 amide bonds. The van der Waals surface area contributed by atoms with Gasteiger partial charge in [0.05, 0.1) is 13.1 Å². The molecular formula is C13H18N4OS. The average Bonchev–Trinajstić information content (AvgIpc) is 3.10. The van der Waals surface area contributed by atoms with E-state index in [0.717, 1.165) is 24.6 Å². The van der Waals surface area contributed by atoms with Crippen molar-refractivity contribution >= 4 is 17.3 Å². The number of nitrogens with one attached hydrogen (secondary N) is 2. The lowest BCUT2D eigenvalue weighted by atomic mass is 10.3. The molecule has 0 atom stereocenters. The van der Waals surface area contributed by atoms with Crippen LogP contribution in [0.2, 0.25) is 0 Å². The summed E-state index contributed by atoms with van der Waals surface area (Å²) in [6.07, 6.45) is 2.65. The summed E-state index contributed by atoms with van der Waals surface area (Å²) >= 11 is 1.83. The SMILES string of the molecule is CCc1ccc(CNC(=NC)NCc2ccon2)s1. The van der Waals surface area contributed by atoms with E-state index in [1.165, 1.54) is 9.75 Å². The Morgan fingerprint density at radius 3 is 2.68 bits per heavy atom. The van der Waals surface area contributed by atoms with E-state index in [9.17, 15) is 0 Å². The second-order valence-corrected chi connectivity index (χ2v) is 5.24. The Morgan fingerprint density at radius 2 is 2.05 bits per heavy atom. The summed E-state index contributed by atoms with van der Waals surface area (Å²) < 4.78 is 4.78. The smallest absolute Gasteiger partial charge is 0.191 e. The highest BCUT2D eigenvalue weighted by atomic mass is 32.1. The van der Waals surface area contributed by atoms with E-state index in [2.05, 4.69) is 39.8 Å². The minimum Gasteiger partial charge on any atom is -0.364 e. The zero-order valence-electron chi connectivity index (χ0n) is 11.1. The number of thiophene rings is 1. The third kappa shape index (κ3) is 4.10. The molecule has 5 nitrogen and oxygen atoms in total. The number of aryl methyl sites for hydroxylation is 1. The zero-order valence-corrected chi connectivity index (χ0v) is 12.0. The van der Waals surface area contributed by atoms with Crippen LogP contribution in [0.5, 0.6) is 0 Å². The molecule has 6 heteroatoms. The fourth-order valence-electron chi connectivity index (χ4n) is 1.60. The van der Waals surface area contributed by atoms with Gasteiger partial charge >= 0.3 is 0 Å². The summed E-state index contributed by atoms with van der Waals surface area (Å²) in [6.45, 7) is 3.55. The van der Waals surface area contributed by atoms with E-state index in [-0.39, 0.29) is 0 Å². The van der Waals surface area contributed by atoms with E-state index in [4.69, 9.17) is 4.52 Å². The lowest BCUT2D eigenvalue weighted by Crippen LogP contribution is -2.36. The summed E-state index contributed by atoms with van der Waals surface area (Å²) in [5.41, 5.74) is 0.854. The molecule has 0 saturated heterocycles. The molecule has 0 unspecified atom stereocenters. The van der Waals surface area contributed by atoms with Crippen LogP contribution in [0, 0.1) is 0 Å². The van der Waals surface area contributed by atoms with Crippen LogP contribution in [0.1, 0.15) is 22.4 Å². The number of aliphatic imine (C=N–C) groups is 1. The predicted molar refractivity (Wildman–Crippen MR) is 77.2 cm³/mol. The molecule has 2 aromatic rings. The monoisotopic (exact) mass is 278 g/mol. The van der Waals surface area contributed by atoms with Crippen molar-refractivity contribution < 1.29 is 4.52 Å². The molecule has 0 aliphatic heterocycles. The lowest BCUT2D eigenvalue weighted by molar-refractivity contribution is 0.410. The van der Waals surface area contributed by atoms with Gasteiger partial charge < -0.3 is 15.2 Å². The van der Waals surface area contributed by atoms with Crippen LogP contribution >= 0.6 is 11.3 Å². The van der Waals surface area contributed by atoms with Gasteiger partial charge in [-0.1, -0.05) is 12.1 Å². The summed E-state index contributed by atoms with van der Waals surface area (Å²) in [6, 6.07) is 6.15. The van der Waals surface area contributed by atoms with Crippen molar-refractivity contribution in [2.24, 2.45) is 4.99 Å². The van der Waals surface area contributed by atoms with Gasteiger partial charge in [0.1, 0.15) is 12.0 Å². The highest BCUT2D eigenvalue weighted by Gasteiger charge is 2.02. The molecule has 102 valence electrons. The van der Waals surface area contributed by atoms with Crippen LogP contribution in [0.3, 0.4) is 0 Å².